The van der Waals surface area contributed by atoms with E-state index in [9.17, 15) is 19.5 Å². The maximum Gasteiger partial charge on any atom is 0.323 e. The van der Waals surface area contributed by atoms with Crippen molar-refractivity contribution < 1.29 is 19.5 Å². The first-order valence-corrected chi connectivity index (χ1v) is 10.00. The van der Waals surface area contributed by atoms with Gasteiger partial charge in [0, 0.05) is 17.3 Å². The highest BCUT2D eigenvalue weighted by Gasteiger charge is 2.38. The summed E-state index contributed by atoms with van der Waals surface area (Å²) in [6.07, 6.45) is 3.70. The number of benzene rings is 2. The Labute approximate surface area is 185 Å². The van der Waals surface area contributed by atoms with Crippen molar-refractivity contribution in [1.29, 1.82) is 0 Å². The van der Waals surface area contributed by atoms with Gasteiger partial charge in [-0.25, -0.2) is 4.79 Å². The van der Waals surface area contributed by atoms with E-state index in [2.05, 4.69) is 10.6 Å². The minimum absolute atomic E-state index is 0.260. The Morgan fingerprint density at radius 2 is 1.94 bits per heavy atom. The van der Waals surface area contributed by atoms with E-state index in [-0.39, 0.29) is 12.1 Å². The topological polar surface area (TPSA) is 98.7 Å². The molecule has 3 rings (SSSR count). The maximum atomic E-state index is 13.1. The van der Waals surface area contributed by atoms with Crippen molar-refractivity contribution in [2.45, 2.75) is 13.0 Å². The fourth-order valence-corrected chi connectivity index (χ4v) is 3.61. The molecule has 1 unspecified atom stereocenters. The summed E-state index contributed by atoms with van der Waals surface area (Å²) in [6, 6.07) is 14.9. The highest BCUT2D eigenvalue weighted by Crippen LogP contribution is 2.34. The third kappa shape index (κ3) is 5.52. The quantitative estimate of drug-likeness (QED) is 0.613. The van der Waals surface area contributed by atoms with Crippen LogP contribution in [0.4, 0.5) is 4.79 Å². The summed E-state index contributed by atoms with van der Waals surface area (Å²) >= 11 is 6.12. The van der Waals surface area contributed by atoms with Gasteiger partial charge in [0.2, 0.25) is 0 Å². The Balaban J connectivity index is 1.87. The summed E-state index contributed by atoms with van der Waals surface area (Å²) in [4.78, 5) is 38.1. The summed E-state index contributed by atoms with van der Waals surface area (Å²) < 4.78 is 0. The van der Waals surface area contributed by atoms with Gasteiger partial charge in [0.15, 0.2) is 0 Å². The number of halogens is 1. The van der Waals surface area contributed by atoms with Gasteiger partial charge in [0.05, 0.1) is 11.6 Å². The summed E-state index contributed by atoms with van der Waals surface area (Å²) in [5.74, 6) is -1.59. The zero-order valence-corrected chi connectivity index (χ0v) is 17.6. The molecule has 7 nitrogen and oxygen atoms in total. The fourth-order valence-electron chi connectivity index (χ4n) is 3.41. The number of carbonyl (C=O) groups is 3. The summed E-state index contributed by atoms with van der Waals surface area (Å²) in [5, 5.41) is 15.1. The van der Waals surface area contributed by atoms with Crippen LogP contribution in [0.15, 0.2) is 71.9 Å². The molecule has 31 heavy (non-hydrogen) atoms. The van der Waals surface area contributed by atoms with Crippen molar-refractivity contribution in [2.24, 2.45) is 0 Å². The zero-order valence-electron chi connectivity index (χ0n) is 16.8. The van der Waals surface area contributed by atoms with E-state index in [1.54, 1.807) is 31.2 Å². The number of allylic oxidation sites excluding steroid dienone is 1. The smallest absolute Gasteiger partial charge is 0.323 e. The Kier molecular flexibility index (Phi) is 7.10. The van der Waals surface area contributed by atoms with Crippen LogP contribution >= 0.6 is 11.6 Å². The second-order valence-electron chi connectivity index (χ2n) is 6.97. The van der Waals surface area contributed by atoms with E-state index in [0.717, 1.165) is 10.5 Å². The van der Waals surface area contributed by atoms with Crippen LogP contribution in [-0.2, 0) is 9.59 Å². The van der Waals surface area contributed by atoms with E-state index in [0.29, 0.717) is 16.3 Å². The van der Waals surface area contributed by atoms with Gasteiger partial charge in [0.25, 0.3) is 5.91 Å². The number of urea groups is 1. The fraction of sp³-hybridized carbons (Fsp3) is 0.174. The van der Waals surface area contributed by atoms with E-state index in [1.807, 2.05) is 42.5 Å². The Hall–Kier alpha value is -3.58. The number of aliphatic carboxylic acids is 1. The molecule has 0 spiro atoms. The Bertz CT molecular complexity index is 1050. The summed E-state index contributed by atoms with van der Waals surface area (Å²) in [6.45, 7) is 1.31. The molecule has 1 aliphatic rings. The van der Waals surface area contributed by atoms with E-state index < -0.39 is 30.5 Å². The van der Waals surface area contributed by atoms with Crippen molar-refractivity contribution >= 4 is 35.6 Å². The number of rotatable bonds is 7. The van der Waals surface area contributed by atoms with Crippen LogP contribution in [0.25, 0.3) is 6.08 Å². The largest absolute Gasteiger partial charge is 0.480 e. The first-order valence-electron chi connectivity index (χ1n) is 9.62. The molecule has 0 saturated heterocycles. The van der Waals surface area contributed by atoms with Crippen molar-refractivity contribution in [2.75, 3.05) is 13.1 Å². The Morgan fingerprint density at radius 3 is 2.61 bits per heavy atom. The maximum absolute atomic E-state index is 13.1. The van der Waals surface area contributed by atoms with Crippen LogP contribution in [0.1, 0.15) is 24.1 Å². The molecule has 2 aromatic rings. The van der Waals surface area contributed by atoms with Gasteiger partial charge in [-0.2, -0.15) is 0 Å². The molecule has 3 amide bonds. The average molecular weight is 440 g/mol. The lowest BCUT2D eigenvalue weighted by molar-refractivity contribution is -0.138. The highest BCUT2D eigenvalue weighted by molar-refractivity contribution is 6.30. The van der Waals surface area contributed by atoms with E-state index in [4.69, 9.17) is 11.6 Å². The van der Waals surface area contributed by atoms with Crippen LogP contribution in [0.3, 0.4) is 0 Å². The van der Waals surface area contributed by atoms with Gasteiger partial charge < -0.3 is 20.6 Å². The van der Waals surface area contributed by atoms with Gasteiger partial charge >= 0.3 is 12.0 Å². The Morgan fingerprint density at radius 1 is 1.19 bits per heavy atom. The second-order valence-corrected chi connectivity index (χ2v) is 7.41. The van der Waals surface area contributed by atoms with Gasteiger partial charge in [-0.15, -0.1) is 0 Å². The van der Waals surface area contributed by atoms with Gasteiger partial charge in [-0.05, 0) is 30.2 Å². The van der Waals surface area contributed by atoms with Gasteiger partial charge in [-0.1, -0.05) is 66.2 Å². The molecule has 1 aliphatic heterocycles. The van der Waals surface area contributed by atoms with Crippen molar-refractivity contribution in [3.05, 3.63) is 88.1 Å². The molecule has 160 valence electrons. The standard InChI is InChI=1S/C23H22ClN3O4/c1-15-20(22(30)25-12-6-9-16-7-3-2-4-8-16)21(17-10-5-11-18(24)13-17)27(14-19(28)29)23(31)26-15/h2-11,13,21H,12,14H2,1H3,(H,25,30)(H,26,31)(H,28,29)/b9-6+. The van der Waals surface area contributed by atoms with Crippen LogP contribution in [0.5, 0.6) is 0 Å². The lowest BCUT2D eigenvalue weighted by atomic mass is 9.93. The SMILES string of the molecule is CC1=C(C(=O)NC/C=C/c2ccccc2)C(c2cccc(Cl)c2)N(CC(=O)O)C(=O)N1. The van der Waals surface area contributed by atoms with Crippen LogP contribution in [0.2, 0.25) is 5.02 Å². The number of carboxylic acid groups (broad SMARTS) is 1. The number of hydrogen-bond acceptors (Lipinski definition) is 3. The predicted octanol–water partition coefficient (Wildman–Crippen LogP) is 3.59. The molecule has 0 radical (unpaired) electrons. The molecule has 0 aromatic heterocycles. The molecular formula is C23H22ClN3O4. The highest BCUT2D eigenvalue weighted by atomic mass is 35.5. The third-order valence-electron chi connectivity index (χ3n) is 4.75. The number of carboxylic acids is 1. The number of carbonyl (C=O) groups excluding carboxylic acids is 2. The number of nitrogens with zero attached hydrogens (tertiary/aromatic N) is 1. The predicted molar refractivity (Wildman–Crippen MR) is 118 cm³/mol. The number of hydrogen-bond donors (Lipinski definition) is 3. The molecular weight excluding hydrogens is 418 g/mol. The van der Waals surface area contributed by atoms with Crippen molar-refractivity contribution in [3.8, 4) is 0 Å². The van der Waals surface area contributed by atoms with Crippen LogP contribution < -0.4 is 10.6 Å². The first-order chi connectivity index (χ1) is 14.9. The van der Waals surface area contributed by atoms with Crippen LogP contribution in [-0.4, -0.2) is 41.0 Å². The molecule has 0 bridgehead atoms. The minimum Gasteiger partial charge on any atom is -0.480 e. The van der Waals surface area contributed by atoms with Crippen molar-refractivity contribution in [3.63, 3.8) is 0 Å². The van der Waals surface area contributed by atoms with Crippen LogP contribution in [0, 0.1) is 0 Å². The molecule has 1 atom stereocenters. The minimum atomic E-state index is -1.19. The molecule has 1 heterocycles. The molecule has 2 aromatic carbocycles. The normalized spacial score (nSPS) is 16.4. The number of nitrogens with one attached hydrogen (secondary N) is 2. The van der Waals surface area contributed by atoms with Gasteiger partial charge in [-0.3, -0.25) is 9.59 Å². The third-order valence-corrected chi connectivity index (χ3v) is 4.98. The zero-order chi connectivity index (χ0) is 22.4. The lowest BCUT2D eigenvalue weighted by Crippen LogP contribution is -2.51. The summed E-state index contributed by atoms with van der Waals surface area (Å²) in [5.41, 5.74) is 2.17. The lowest BCUT2D eigenvalue weighted by Gasteiger charge is -2.37. The molecule has 8 heteroatoms. The molecule has 0 aliphatic carbocycles. The van der Waals surface area contributed by atoms with E-state index >= 15 is 0 Å². The van der Waals surface area contributed by atoms with Crippen molar-refractivity contribution in [1.82, 2.24) is 15.5 Å². The van der Waals surface area contributed by atoms with E-state index in [1.165, 1.54) is 0 Å². The average Bonchev–Trinajstić information content (AvgIpc) is 2.73. The monoisotopic (exact) mass is 439 g/mol. The second kappa shape index (κ2) is 9.95. The van der Waals surface area contributed by atoms with Gasteiger partial charge in [0.1, 0.15) is 6.54 Å². The molecule has 3 N–H and O–H groups in total. The summed E-state index contributed by atoms with van der Waals surface area (Å²) in [7, 11) is 0. The number of amides is 3. The molecule has 0 saturated carbocycles. The first kappa shape index (κ1) is 22.1. The molecule has 0 fully saturated rings.